The second kappa shape index (κ2) is 7.68. The maximum atomic E-state index is 12.3. The SMILES string of the molecule is CCCCOC(=O)N1CCCc2cc(C3CCC(=O)NC3=O)ccc21. The Hall–Kier alpha value is -2.37. The summed E-state index contributed by atoms with van der Waals surface area (Å²) in [6, 6.07) is 5.78. The van der Waals surface area contributed by atoms with Gasteiger partial charge in [-0.2, -0.15) is 0 Å². The molecule has 1 aromatic carbocycles. The number of carbonyl (C=O) groups excluding carboxylic acids is 3. The fourth-order valence-corrected chi connectivity index (χ4v) is 3.42. The minimum Gasteiger partial charge on any atom is -0.449 e. The van der Waals surface area contributed by atoms with Gasteiger partial charge in [-0.05, 0) is 42.9 Å². The number of rotatable bonds is 4. The molecule has 0 aliphatic carbocycles. The molecule has 1 unspecified atom stereocenters. The van der Waals surface area contributed by atoms with Gasteiger partial charge >= 0.3 is 6.09 Å². The number of hydrogen-bond donors (Lipinski definition) is 1. The highest BCUT2D eigenvalue weighted by Crippen LogP contribution is 2.33. The van der Waals surface area contributed by atoms with Crippen molar-refractivity contribution in [3.8, 4) is 0 Å². The highest BCUT2D eigenvalue weighted by molar-refractivity contribution is 6.01. The predicted octanol–water partition coefficient (Wildman–Crippen LogP) is 2.90. The summed E-state index contributed by atoms with van der Waals surface area (Å²) in [6.07, 6.45) is 4.18. The first-order valence-corrected chi connectivity index (χ1v) is 9.01. The van der Waals surface area contributed by atoms with Gasteiger partial charge in [0.15, 0.2) is 0 Å². The third-order valence-electron chi connectivity index (χ3n) is 4.81. The molecule has 3 rings (SSSR count). The molecular formula is C19H24N2O4. The average Bonchev–Trinajstić information content (AvgIpc) is 2.61. The number of carbonyl (C=O) groups is 3. The molecule has 1 atom stereocenters. The number of anilines is 1. The molecule has 2 aliphatic heterocycles. The molecule has 6 heteroatoms. The average molecular weight is 344 g/mol. The summed E-state index contributed by atoms with van der Waals surface area (Å²) in [7, 11) is 0. The van der Waals surface area contributed by atoms with E-state index in [2.05, 4.69) is 12.2 Å². The van der Waals surface area contributed by atoms with Gasteiger partial charge in [-0.3, -0.25) is 19.8 Å². The lowest BCUT2D eigenvalue weighted by molar-refractivity contribution is -0.134. The maximum absolute atomic E-state index is 12.3. The third kappa shape index (κ3) is 3.83. The predicted molar refractivity (Wildman–Crippen MR) is 93.5 cm³/mol. The van der Waals surface area contributed by atoms with E-state index in [0.29, 0.717) is 26.0 Å². The number of piperidine rings is 1. The van der Waals surface area contributed by atoms with Crippen molar-refractivity contribution in [1.82, 2.24) is 5.32 Å². The molecule has 134 valence electrons. The number of hydrogen-bond acceptors (Lipinski definition) is 4. The summed E-state index contributed by atoms with van der Waals surface area (Å²) >= 11 is 0. The number of aryl methyl sites for hydroxylation is 1. The minimum absolute atomic E-state index is 0.208. The Labute approximate surface area is 147 Å². The van der Waals surface area contributed by atoms with Crippen LogP contribution < -0.4 is 10.2 Å². The molecule has 0 radical (unpaired) electrons. The molecule has 0 bridgehead atoms. The number of amides is 3. The summed E-state index contributed by atoms with van der Waals surface area (Å²) in [6.45, 7) is 3.14. The molecule has 1 saturated heterocycles. The molecule has 6 nitrogen and oxygen atoms in total. The molecule has 25 heavy (non-hydrogen) atoms. The van der Waals surface area contributed by atoms with E-state index < -0.39 is 0 Å². The Morgan fingerprint density at radius 1 is 1.32 bits per heavy atom. The Balaban J connectivity index is 1.77. The second-order valence-corrected chi connectivity index (χ2v) is 6.61. The van der Waals surface area contributed by atoms with Crippen LogP contribution in [0.3, 0.4) is 0 Å². The molecule has 1 N–H and O–H groups in total. The summed E-state index contributed by atoms with van der Waals surface area (Å²) < 4.78 is 5.34. The topological polar surface area (TPSA) is 75.7 Å². The van der Waals surface area contributed by atoms with Crippen LogP contribution in [0.5, 0.6) is 0 Å². The van der Waals surface area contributed by atoms with Gasteiger partial charge < -0.3 is 4.74 Å². The van der Waals surface area contributed by atoms with Crippen LogP contribution in [-0.2, 0) is 20.7 Å². The molecule has 3 amide bonds. The highest BCUT2D eigenvalue weighted by Gasteiger charge is 2.30. The van der Waals surface area contributed by atoms with E-state index in [1.807, 2.05) is 18.2 Å². The molecule has 2 heterocycles. The van der Waals surface area contributed by atoms with Crippen LogP contribution in [0.15, 0.2) is 18.2 Å². The van der Waals surface area contributed by atoms with Gasteiger partial charge in [-0.25, -0.2) is 4.79 Å². The first kappa shape index (κ1) is 17.5. The van der Waals surface area contributed by atoms with Crippen molar-refractivity contribution < 1.29 is 19.1 Å². The smallest absolute Gasteiger partial charge is 0.414 e. The van der Waals surface area contributed by atoms with Crippen molar-refractivity contribution in [1.29, 1.82) is 0 Å². The lowest BCUT2D eigenvalue weighted by atomic mass is 9.88. The Morgan fingerprint density at radius 2 is 2.16 bits per heavy atom. The van der Waals surface area contributed by atoms with Gasteiger partial charge in [0.25, 0.3) is 0 Å². The van der Waals surface area contributed by atoms with Crippen molar-refractivity contribution in [3.63, 3.8) is 0 Å². The first-order valence-electron chi connectivity index (χ1n) is 9.01. The van der Waals surface area contributed by atoms with Crippen LogP contribution in [-0.4, -0.2) is 31.1 Å². The van der Waals surface area contributed by atoms with Gasteiger partial charge in [0.05, 0.1) is 18.2 Å². The van der Waals surface area contributed by atoms with Crippen LogP contribution in [0.1, 0.15) is 56.1 Å². The summed E-state index contributed by atoms with van der Waals surface area (Å²) in [5.41, 5.74) is 2.83. The van der Waals surface area contributed by atoms with Crippen molar-refractivity contribution in [2.24, 2.45) is 0 Å². The number of nitrogens with zero attached hydrogens (tertiary/aromatic N) is 1. The number of benzene rings is 1. The van der Waals surface area contributed by atoms with Crippen LogP contribution in [0.4, 0.5) is 10.5 Å². The molecule has 2 aliphatic rings. The molecule has 0 saturated carbocycles. The zero-order chi connectivity index (χ0) is 17.8. The molecule has 1 fully saturated rings. The standard InChI is InChI=1S/C19H24N2O4/c1-2-3-11-25-19(24)21-10-4-5-14-12-13(6-8-16(14)21)15-7-9-17(22)20-18(15)23/h6,8,12,15H,2-5,7,9-11H2,1H3,(H,20,22,23). The number of imide groups is 1. The largest absolute Gasteiger partial charge is 0.449 e. The van der Waals surface area contributed by atoms with Crippen LogP contribution in [0.25, 0.3) is 0 Å². The fourth-order valence-electron chi connectivity index (χ4n) is 3.42. The lowest BCUT2D eigenvalue weighted by Crippen LogP contribution is -2.39. The van der Waals surface area contributed by atoms with E-state index in [1.165, 1.54) is 0 Å². The number of ether oxygens (including phenoxy) is 1. The molecular weight excluding hydrogens is 320 g/mol. The first-order chi connectivity index (χ1) is 12.1. The minimum atomic E-state index is -0.303. The maximum Gasteiger partial charge on any atom is 0.414 e. The summed E-state index contributed by atoms with van der Waals surface area (Å²) in [5.74, 6) is -0.738. The van der Waals surface area contributed by atoms with Gasteiger partial charge in [-0.1, -0.05) is 25.5 Å². The van der Waals surface area contributed by atoms with Gasteiger partial charge in [-0.15, -0.1) is 0 Å². The van der Waals surface area contributed by atoms with Crippen molar-refractivity contribution in [3.05, 3.63) is 29.3 Å². The second-order valence-electron chi connectivity index (χ2n) is 6.61. The Bertz CT molecular complexity index is 686. The monoisotopic (exact) mass is 344 g/mol. The van der Waals surface area contributed by atoms with E-state index in [1.54, 1.807) is 4.90 Å². The molecule has 0 spiro atoms. The van der Waals surface area contributed by atoms with Crippen LogP contribution >= 0.6 is 0 Å². The zero-order valence-electron chi connectivity index (χ0n) is 14.5. The number of nitrogens with one attached hydrogen (secondary N) is 1. The van der Waals surface area contributed by atoms with E-state index in [-0.39, 0.29) is 23.8 Å². The van der Waals surface area contributed by atoms with Gasteiger partial charge in [0.1, 0.15) is 0 Å². The van der Waals surface area contributed by atoms with Crippen molar-refractivity contribution in [2.45, 2.75) is 51.4 Å². The van der Waals surface area contributed by atoms with Gasteiger partial charge in [0, 0.05) is 13.0 Å². The number of fused-ring (bicyclic) bond motifs is 1. The summed E-state index contributed by atoms with van der Waals surface area (Å²) in [4.78, 5) is 37.4. The Morgan fingerprint density at radius 3 is 2.92 bits per heavy atom. The fraction of sp³-hybridized carbons (Fsp3) is 0.526. The van der Waals surface area contributed by atoms with E-state index in [0.717, 1.165) is 42.5 Å². The Kier molecular flexibility index (Phi) is 5.36. The quantitative estimate of drug-likeness (QED) is 0.673. The zero-order valence-corrected chi connectivity index (χ0v) is 14.5. The van der Waals surface area contributed by atoms with E-state index in [9.17, 15) is 14.4 Å². The normalized spacial score (nSPS) is 20.0. The summed E-state index contributed by atoms with van der Waals surface area (Å²) in [5, 5.41) is 2.40. The highest BCUT2D eigenvalue weighted by atomic mass is 16.6. The van der Waals surface area contributed by atoms with Crippen LogP contribution in [0.2, 0.25) is 0 Å². The molecule has 0 aromatic heterocycles. The van der Waals surface area contributed by atoms with E-state index >= 15 is 0 Å². The van der Waals surface area contributed by atoms with Crippen molar-refractivity contribution in [2.75, 3.05) is 18.1 Å². The lowest BCUT2D eigenvalue weighted by Gasteiger charge is -2.30. The third-order valence-corrected chi connectivity index (χ3v) is 4.81. The molecule has 1 aromatic rings. The van der Waals surface area contributed by atoms with Crippen LogP contribution in [0, 0.1) is 0 Å². The van der Waals surface area contributed by atoms with Gasteiger partial charge in [0.2, 0.25) is 11.8 Å². The number of unbranched alkanes of at least 4 members (excludes halogenated alkanes) is 1. The van der Waals surface area contributed by atoms with Crippen molar-refractivity contribution >= 4 is 23.6 Å². The van der Waals surface area contributed by atoms with E-state index in [4.69, 9.17) is 4.74 Å².